The summed E-state index contributed by atoms with van der Waals surface area (Å²) in [4.78, 5) is 143. The second-order valence-corrected chi connectivity index (χ2v) is 21.3. The number of imidazole rings is 1. The predicted molar refractivity (Wildman–Crippen MR) is 308 cm³/mol. The first kappa shape index (κ1) is 68.9. The van der Waals surface area contributed by atoms with Crippen LogP contribution in [0.2, 0.25) is 0 Å². The Bertz CT molecular complexity index is 2860. The van der Waals surface area contributed by atoms with Crippen LogP contribution in [0.25, 0.3) is 0 Å². The number of aliphatic hydroxyl groups is 3. The number of nitrogens with zero attached hydrogens (tertiary/aromatic N) is 1. The number of H-pyrrole nitrogens is 1. The van der Waals surface area contributed by atoms with E-state index in [0.717, 1.165) is 6.92 Å². The van der Waals surface area contributed by atoms with Crippen LogP contribution < -0.4 is 53.6 Å². The molecule has 0 aliphatic carbocycles. The largest absolute Gasteiger partial charge is 0.508 e. The molecule has 1 aromatic heterocycles. The van der Waals surface area contributed by atoms with Crippen molar-refractivity contribution in [3.8, 4) is 11.5 Å². The third kappa shape index (κ3) is 22.5. The number of rotatable bonds is 34. The van der Waals surface area contributed by atoms with Gasteiger partial charge in [0.25, 0.3) is 0 Å². The Labute approximate surface area is 494 Å². The molecular weight excluding hydrogens is 1130 g/mol. The van der Waals surface area contributed by atoms with E-state index in [1.807, 2.05) is 0 Å². The standard InChI is InChI=1S/C56H76N12O16S/c1-29(2)45(53(80)61-38(19-20-85-5)48(75)64-42(56(83)84)24-35-26-58-28-59-35)66-50(77)40(23-34-13-17-37(73)18-14-34)62-52(79)43(27-69)65-55(82)47(31(4)71)68-51(78)41(21-32-9-7-6-8-10-32)63-54(81)46(30(3)70)67-49(76)39(60-44(74)25-57)22-33-11-15-36(72)16-12-33/h6-18,26,28-31,38-43,45-47,69-73H,19-25,27,57H2,1-5H3,(H,58,59)(H,60,74)(H,61,80)(H,62,79)(H,63,81)(H,64,75)(H,65,82)(H,66,77)(H,67,76)(H,68,78)(H,83,84)/t30-,31-,38+,39+,40+,41+,42+,43+,45+,46+,47+/m1/s1. The lowest BCUT2D eigenvalue weighted by molar-refractivity contribution is -0.142. The maximum atomic E-state index is 14.3. The number of carboxylic acids is 1. The van der Waals surface area contributed by atoms with Gasteiger partial charge in [0.1, 0.15) is 65.9 Å². The van der Waals surface area contributed by atoms with Crippen LogP contribution in [0.3, 0.4) is 0 Å². The summed E-state index contributed by atoms with van der Waals surface area (Å²) in [5.74, 6) is -10.7. The van der Waals surface area contributed by atoms with Gasteiger partial charge in [0.2, 0.25) is 53.2 Å². The first-order valence-corrected chi connectivity index (χ1v) is 28.4. The quantitative estimate of drug-likeness (QED) is 0.0217. The summed E-state index contributed by atoms with van der Waals surface area (Å²) >= 11 is 1.35. The molecule has 4 aromatic rings. The fourth-order valence-electron chi connectivity index (χ4n) is 8.42. The third-order valence-corrected chi connectivity index (χ3v) is 13.8. The summed E-state index contributed by atoms with van der Waals surface area (Å²) < 4.78 is 0. The first-order valence-electron chi connectivity index (χ1n) is 27.0. The zero-order valence-corrected chi connectivity index (χ0v) is 48.3. The van der Waals surface area contributed by atoms with E-state index in [-0.39, 0.29) is 43.6 Å². The number of carboxylic acid groups (broad SMARTS) is 1. The number of aliphatic carboxylic acids is 1. The molecular formula is C56H76N12O16S. The van der Waals surface area contributed by atoms with Crippen molar-refractivity contribution >= 4 is 70.9 Å². The summed E-state index contributed by atoms with van der Waals surface area (Å²) in [6.45, 7) is 3.86. The number of carbonyl (C=O) groups excluding carboxylic acids is 9. The molecule has 0 bridgehead atoms. The SMILES string of the molecule is CSCC[C@H](NC(=O)[C@@H](NC(=O)[C@H](Cc1ccc(O)cc1)NC(=O)[C@H](CO)NC(=O)[C@@H](NC(=O)[C@H](Cc1ccccc1)NC(=O)[C@@H](NC(=O)[C@H](Cc1ccc(O)cc1)NC(=O)CN)[C@@H](C)O)[C@@H](C)O)C(C)C)C(=O)N[C@@H](Cc1cnc[nH]1)C(=O)O. The molecule has 0 aliphatic rings. The smallest absolute Gasteiger partial charge is 0.326 e. The topological polar surface area (TPSA) is 455 Å². The molecule has 462 valence electrons. The summed E-state index contributed by atoms with van der Waals surface area (Å²) in [5.41, 5.74) is 7.26. The predicted octanol–water partition coefficient (Wildman–Crippen LogP) is -3.34. The van der Waals surface area contributed by atoms with Crippen LogP contribution in [0.5, 0.6) is 11.5 Å². The van der Waals surface area contributed by atoms with Crippen LogP contribution in [0.1, 0.15) is 56.5 Å². The van der Waals surface area contributed by atoms with Crippen LogP contribution in [0, 0.1) is 5.92 Å². The number of nitrogens with two attached hydrogens (primary N) is 1. The Balaban J connectivity index is 1.54. The number of carbonyl (C=O) groups is 10. The molecule has 9 amide bonds. The molecule has 18 N–H and O–H groups in total. The average Bonchev–Trinajstić information content (AvgIpc) is 4.06. The van der Waals surface area contributed by atoms with Crippen molar-refractivity contribution in [2.24, 2.45) is 11.7 Å². The van der Waals surface area contributed by atoms with E-state index in [1.54, 1.807) is 50.4 Å². The van der Waals surface area contributed by atoms with E-state index >= 15 is 0 Å². The van der Waals surface area contributed by atoms with E-state index in [9.17, 15) is 78.6 Å². The lowest BCUT2D eigenvalue weighted by Gasteiger charge is -2.29. The van der Waals surface area contributed by atoms with E-state index < -0.39 is 145 Å². The highest BCUT2D eigenvalue weighted by Crippen LogP contribution is 2.16. The molecule has 0 fully saturated rings. The van der Waals surface area contributed by atoms with Gasteiger partial charge in [-0.3, -0.25) is 43.2 Å². The minimum Gasteiger partial charge on any atom is -0.508 e. The van der Waals surface area contributed by atoms with Gasteiger partial charge in [-0.25, -0.2) is 9.78 Å². The number of aromatic nitrogens is 2. The van der Waals surface area contributed by atoms with Crippen LogP contribution in [-0.2, 0) is 73.6 Å². The molecule has 29 heteroatoms. The minimum absolute atomic E-state index is 0.0588. The van der Waals surface area contributed by atoms with Crippen molar-refractivity contribution in [2.75, 3.05) is 25.2 Å². The Kier molecular flexibility index (Phi) is 27.7. The second kappa shape index (κ2) is 34.2. The van der Waals surface area contributed by atoms with Gasteiger partial charge in [-0.1, -0.05) is 68.4 Å². The van der Waals surface area contributed by atoms with Crippen LogP contribution in [-0.4, -0.2) is 191 Å². The fraction of sp³-hybridized carbons (Fsp3) is 0.446. The molecule has 0 saturated heterocycles. The van der Waals surface area contributed by atoms with Gasteiger partial charge in [0.15, 0.2) is 0 Å². The Morgan fingerprint density at radius 1 is 0.518 bits per heavy atom. The van der Waals surface area contributed by atoms with Crippen molar-refractivity contribution in [1.82, 2.24) is 57.8 Å². The number of nitrogens with one attached hydrogen (secondary N) is 10. The van der Waals surface area contributed by atoms with E-state index in [1.165, 1.54) is 79.7 Å². The van der Waals surface area contributed by atoms with Crippen LogP contribution >= 0.6 is 11.8 Å². The maximum absolute atomic E-state index is 14.3. The summed E-state index contributed by atoms with van der Waals surface area (Å²) in [7, 11) is 0. The van der Waals surface area contributed by atoms with Crippen molar-refractivity contribution in [3.63, 3.8) is 0 Å². The van der Waals surface area contributed by atoms with Crippen molar-refractivity contribution in [3.05, 3.63) is 114 Å². The number of aromatic hydroxyl groups is 2. The van der Waals surface area contributed by atoms with Gasteiger partial charge in [0, 0.05) is 37.6 Å². The normalized spacial score (nSPS) is 15.0. The molecule has 85 heavy (non-hydrogen) atoms. The molecule has 11 atom stereocenters. The lowest BCUT2D eigenvalue weighted by atomic mass is 10.00. The summed E-state index contributed by atoms with van der Waals surface area (Å²) in [5, 5.41) is 83.9. The Morgan fingerprint density at radius 3 is 1.34 bits per heavy atom. The monoisotopic (exact) mass is 1200 g/mol. The van der Waals surface area contributed by atoms with Crippen LogP contribution in [0.4, 0.5) is 0 Å². The molecule has 0 unspecified atom stereocenters. The van der Waals surface area contributed by atoms with E-state index in [4.69, 9.17) is 5.73 Å². The maximum Gasteiger partial charge on any atom is 0.326 e. The number of benzene rings is 3. The number of phenolic OH excluding ortho intramolecular Hbond substituents is 2. The highest BCUT2D eigenvalue weighted by molar-refractivity contribution is 7.98. The number of aliphatic hydroxyl groups excluding tert-OH is 3. The highest BCUT2D eigenvalue weighted by atomic mass is 32.2. The number of aromatic amines is 1. The van der Waals surface area contributed by atoms with Crippen molar-refractivity contribution < 1.29 is 78.6 Å². The summed E-state index contributed by atoms with van der Waals surface area (Å²) in [6.07, 6.45) is 0.376. The van der Waals surface area contributed by atoms with E-state index in [2.05, 4.69) is 57.8 Å². The zero-order valence-electron chi connectivity index (χ0n) is 47.4. The van der Waals surface area contributed by atoms with Gasteiger partial charge in [0.05, 0.1) is 31.7 Å². The third-order valence-electron chi connectivity index (χ3n) is 13.2. The van der Waals surface area contributed by atoms with Crippen molar-refractivity contribution in [1.29, 1.82) is 0 Å². The van der Waals surface area contributed by atoms with Gasteiger partial charge in [-0.05, 0) is 79.2 Å². The molecule has 28 nitrogen and oxygen atoms in total. The zero-order chi connectivity index (χ0) is 62.9. The Hall–Kier alpha value is -8.64. The van der Waals surface area contributed by atoms with Gasteiger partial charge in [-0.15, -0.1) is 0 Å². The Morgan fingerprint density at radius 2 is 0.918 bits per heavy atom. The van der Waals surface area contributed by atoms with Crippen LogP contribution in [0.15, 0.2) is 91.4 Å². The second-order valence-electron chi connectivity index (χ2n) is 20.3. The van der Waals surface area contributed by atoms with E-state index in [0.29, 0.717) is 28.1 Å². The average molecular weight is 1210 g/mol. The molecule has 4 rings (SSSR count). The lowest BCUT2D eigenvalue weighted by Crippen LogP contribution is -2.63. The van der Waals surface area contributed by atoms with Crippen molar-refractivity contribution in [2.45, 2.75) is 126 Å². The highest BCUT2D eigenvalue weighted by Gasteiger charge is 2.38. The first-order chi connectivity index (χ1) is 40.3. The number of hydrogen-bond acceptors (Lipinski definition) is 18. The van der Waals surface area contributed by atoms with Gasteiger partial charge < -0.3 is 89.2 Å². The molecule has 0 aliphatic heterocycles. The molecule has 3 aromatic carbocycles. The number of amides is 9. The number of hydrogen-bond donors (Lipinski definition) is 17. The van der Waals surface area contributed by atoms with Gasteiger partial charge in [-0.2, -0.15) is 11.8 Å². The molecule has 1 heterocycles. The molecule has 0 saturated carbocycles. The molecule has 0 radical (unpaired) electrons. The fourth-order valence-corrected chi connectivity index (χ4v) is 8.89. The summed E-state index contributed by atoms with van der Waals surface area (Å²) in [6, 6.07) is 5.27. The number of thioether (sulfide) groups is 1. The number of phenols is 2. The minimum atomic E-state index is -1.90. The molecule has 0 spiro atoms. The van der Waals surface area contributed by atoms with Gasteiger partial charge >= 0.3 is 5.97 Å².